The molecule has 0 bridgehead atoms. The first-order chi connectivity index (χ1) is 8.04. The monoisotopic (exact) mass is 302 g/mol. The Kier molecular flexibility index (Phi) is 7.02. The minimum atomic E-state index is -1.62. The molecule has 0 saturated heterocycles. The van der Waals surface area contributed by atoms with Gasteiger partial charge in [0.1, 0.15) is 0 Å². The highest BCUT2D eigenvalue weighted by atomic mass is 28.4. The summed E-state index contributed by atoms with van der Waals surface area (Å²) < 4.78 is 12.1. The van der Waals surface area contributed by atoms with E-state index in [4.69, 9.17) is 8.85 Å². The molecule has 0 spiro atoms. The summed E-state index contributed by atoms with van der Waals surface area (Å²) in [5.74, 6) is 0. The highest BCUT2D eigenvalue weighted by Gasteiger charge is 2.27. The van der Waals surface area contributed by atoms with Crippen LogP contribution in [0.1, 0.15) is 0 Å². The molecule has 0 aromatic carbocycles. The largest absolute Gasteiger partial charge is 0.420 e. The molecule has 0 aliphatic heterocycles. The van der Waals surface area contributed by atoms with Gasteiger partial charge in [-0.1, -0.05) is 24.5 Å². The molecule has 106 valence electrons. The van der Waals surface area contributed by atoms with E-state index in [1.54, 1.807) is 0 Å². The zero-order chi connectivity index (χ0) is 14.4. The van der Waals surface area contributed by atoms with E-state index in [0.717, 1.165) is 18.9 Å². The van der Waals surface area contributed by atoms with Gasteiger partial charge in [0.15, 0.2) is 8.32 Å². The van der Waals surface area contributed by atoms with Gasteiger partial charge in [-0.25, -0.2) is 0 Å². The topological polar surface area (TPSA) is 18.5 Å². The lowest BCUT2D eigenvalue weighted by Gasteiger charge is -2.29. The minimum Gasteiger partial charge on any atom is -0.420 e. The maximum Gasteiger partial charge on any atom is 0.210 e. The van der Waals surface area contributed by atoms with Crippen molar-refractivity contribution in [1.82, 2.24) is 0 Å². The van der Waals surface area contributed by atoms with Crippen LogP contribution in [0.2, 0.25) is 45.3 Å². The van der Waals surface area contributed by atoms with E-state index in [2.05, 4.69) is 58.1 Å². The van der Waals surface area contributed by atoms with Gasteiger partial charge < -0.3 is 8.85 Å². The Morgan fingerprint density at radius 1 is 0.889 bits per heavy atom. The van der Waals surface area contributed by atoms with Gasteiger partial charge in [-0.05, 0) is 32.2 Å². The molecule has 0 aromatic heterocycles. The predicted octanol–water partition coefficient (Wildman–Crippen LogP) is 4.13. The van der Waals surface area contributed by atoms with Crippen LogP contribution in [0, 0.1) is 0 Å². The van der Waals surface area contributed by atoms with E-state index < -0.39 is 24.7 Å². The van der Waals surface area contributed by atoms with Crippen LogP contribution in [-0.4, -0.2) is 37.5 Å². The van der Waals surface area contributed by atoms with Crippen molar-refractivity contribution in [3.05, 3.63) is 24.6 Å². The van der Waals surface area contributed by atoms with Crippen LogP contribution in [0.15, 0.2) is 24.6 Å². The lowest BCUT2D eigenvalue weighted by atomic mass is 10.9. The fourth-order valence-corrected chi connectivity index (χ4v) is 5.99. The number of hydrogen-bond acceptors (Lipinski definition) is 2. The molecule has 0 radical (unpaired) electrons. The molecule has 0 aliphatic carbocycles. The first kappa shape index (κ1) is 18.1. The van der Waals surface area contributed by atoms with Gasteiger partial charge in [-0.3, -0.25) is 0 Å². The van der Waals surface area contributed by atoms with Crippen LogP contribution < -0.4 is 0 Å². The second-order valence-electron chi connectivity index (χ2n) is 6.65. The molecule has 18 heavy (non-hydrogen) atoms. The maximum absolute atomic E-state index is 6.17. The van der Waals surface area contributed by atoms with Crippen molar-refractivity contribution in [1.29, 1.82) is 0 Å². The van der Waals surface area contributed by atoms with Gasteiger partial charge in [0.25, 0.3) is 0 Å². The molecule has 0 aromatic rings. The second kappa shape index (κ2) is 7.00. The molecule has 2 nitrogen and oxygen atoms in total. The second-order valence-corrected chi connectivity index (χ2v) is 19.5. The quantitative estimate of drug-likeness (QED) is 0.596. The predicted molar refractivity (Wildman–Crippen MR) is 89.6 cm³/mol. The number of hydrogen-bond donors (Lipinski definition) is 0. The highest BCUT2D eigenvalue weighted by molar-refractivity contribution is 6.83. The van der Waals surface area contributed by atoms with Crippen molar-refractivity contribution in [2.24, 2.45) is 0 Å². The molecular formula is C13H30O2Si3. The van der Waals surface area contributed by atoms with Gasteiger partial charge in [0.05, 0.1) is 8.07 Å². The lowest BCUT2D eigenvalue weighted by Crippen LogP contribution is -2.41. The van der Waals surface area contributed by atoms with Crippen LogP contribution in [0.25, 0.3) is 0 Å². The van der Waals surface area contributed by atoms with Crippen molar-refractivity contribution in [3.8, 4) is 0 Å². The standard InChI is InChI=1S/C13H30O2Si3/c1-9-16(3,4)13-15-18(7,8)12-11-14-17(5,6)10-2/h9-10H,1-2,11-13H2,3-8H3. The lowest BCUT2D eigenvalue weighted by molar-refractivity contribution is 0.313. The van der Waals surface area contributed by atoms with E-state index in [-0.39, 0.29) is 0 Å². The summed E-state index contributed by atoms with van der Waals surface area (Å²) >= 11 is 0. The average Bonchev–Trinajstić information content (AvgIpc) is 2.26. The van der Waals surface area contributed by atoms with Gasteiger partial charge >= 0.3 is 0 Å². The normalized spacial score (nSPS) is 13.4. The smallest absolute Gasteiger partial charge is 0.210 e. The molecule has 0 unspecified atom stereocenters. The van der Waals surface area contributed by atoms with E-state index >= 15 is 0 Å². The molecule has 5 heteroatoms. The van der Waals surface area contributed by atoms with Crippen molar-refractivity contribution in [2.45, 2.75) is 45.3 Å². The molecule has 0 saturated carbocycles. The molecule has 0 N–H and O–H groups in total. The van der Waals surface area contributed by atoms with Crippen LogP contribution in [0.3, 0.4) is 0 Å². The first-order valence-corrected chi connectivity index (χ1v) is 16.0. The summed E-state index contributed by atoms with van der Waals surface area (Å²) in [6.07, 6.45) is 0.887. The third-order valence-corrected chi connectivity index (χ3v) is 9.60. The zero-order valence-corrected chi connectivity index (χ0v) is 16.0. The van der Waals surface area contributed by atoms with E-state index in [1.165, 1.54) is 0 Å². The van der Waals surface area contributed by atoms with Crippen LogP contribution in [-0.2, 0) is 8.85 Å². The van der Waals surface area contributed by atoms with E-state index in [9.17, 15) is 0 Å². The molecular weight excluding hydrogens is 272 g/mol. The summed E-state index contributed by atoms with van der Waals surface area (Å²) in [6.45, 7) is 22.0. The van der Waals surface area contributed by atoms with Gasteiger partial charge in [-0.2, -0.15) is 0 Å². The van der Waals surface area contributed by atoms with Crippen LogP contribution in [0.5, 0.6) is 0 Å². The average molecular weight is 303 g/mol. The van der Waals surface area contributed by atoms with E-state index in [0.29, 0.717) is 0 Å². The fraction of sp³-hybridized carbons (Fsp3) is 0.692. The summed E-state index contributed by atoms with van der Waals surface area (Å²) in [7, 11) is -4.55. The fourth-order valence-electron chi connectivity index (χ4n) is 1.13. The Morgan fingerprint density at radius 2 is 1.44 bits per heavy atom. The molecule has 0 amide bonds. The van der Waals surface area contributed by atoms with Crippen molar-refractivity contribution >= 4 is 24.7 Å². The van der Waals surface area contributed by atoms with Crippen LogP contribution >= 0.6 is 0 Å². The number of rotatable bonds is 9. The van der Waals surface area contributed by atoms with Gasteiger partial charge in [0.2, 0.25) is 8.32 Å². The third kappa shape index (κ3) is 8.20. The summed E-state index contributed by atoms with van der Waals surface area (Å²) in [5.41, 5.74) is 4.08. The minimum absolute atomic E-state index is 0.806. The van der Waals surface area contributed by atoms with Crippen LogP contribution in [0.4, 0.5) is 0 Å². The Hall–Kier alpha value is 0.0506. The summed E-state index contributed by atoms with van der Waals surface area (Å²) in [6, 6.07) is 1.05. The Bertz CT molecular complexity index is 286. The van der Waals surface area contributed by atoms with E-state index in [1.807, 2.05) is 5.70 Å². The molecule has 0 aliphatic rings. The first-order valence-electron chi connectivity index (χ1n) is 6.59. The molecule has 0 heterocycles. The Morgan fingerprint density at radius 3 is 1.89 bits per heavy atom. The summed E-state index contributed by atoms with van der Waals surface area (Å²) in [4.78, 5) is 0. The zero-order valence-electron chi connectivity index (χ0n) is 13.0. The molecule has 0 atom stereocenters. The highest BCUT2D eigenvalue weighted by Crippen LogP contribution is 2.16. The Labute approximate surface area is 116 Å². The molecule has 0 rings (SSSR count). The summed E-state index contributed by atoms with van der Waals surface area (Å²) in [5, 5.41) is 0. The maximum atomic E-state index is 6.17. The molecule has 0 fully saturated rings. The SMILES string of the molecule is C=C[Si](C)(C)CO[Si](C)(C)CCO[Si](C)(C)C=C. The van der Waals surface area contributed by atoms with Crippen molar-refractivity contribution in [2.75, 3.05) is 12.8 Å². The Balaban J connectivity index is 4.09. The van der Waals surface area contributed by atoms with Gasteiger partial charge in [-0.15, -0.1) is 13.2 Å². The van der Waals surface area contributed by atoms with Crippen molar-refractivity contribution < 1.29 is 8.85 Å². The third-order valence-electron chi connectivity index (χ3n) is 3.06. The van der Waals surface area contributed by atoms with Crippen molar-refractivity contribution in [3.63, 3.8) is 0 Å². The van der Waals surface area contributed by atoms with Gasteiger partial charge in [0, 0.05) is 12.8 Å².